The molecule has 0 saturated heterocycles. The Morgan fingerprint density at radius 1 is 1.44 bits per heavy atom. The Kier molecular flexibility index (Phi) is 3.70. The van der Waals surface area contributed by atoms with Crippen LogP contribution in [0.25, 0.3) is 11.5 Å². The fourth-order valence-electron chi connectivity index (χ4n) is 1.58. The first kappa shape index (κ1) is 12.3. The molecule has 0 radical (unpaired) electrons. The summed E-state index contributed by atoms with van der Waals surface area (Å²) in [6.45, 7) is 1.84. The van der Waals surface area contributed by atoms with E-state index in [1.807, 2.05) is 31.2 Å². The Labute approximate surface area is 105 Å². The summed E-state index contributed by atoms with van der Waals surface area (Å²) in [5.41, 5.74) is 1.67. The predicted molar refractivity (Wildman–Crippen MR) is 64.5 cm³/mol. The lowest BCUT2D eigenvalue weighted by molar-refractivity contribution is 0.109. The van der Waals surface area contributed by atoms with Gasteiger partial charge in [0.25, 0.3) is 5.89 Å². The Bertz CT molecular complexity index is 572. The van der Waals surface area contributed by atoms with Gasteiger partial charge in [-0.15, -0.1) is 0 Å². The third-order valence-corrected chi connectivity index (χ3v) is 2.68. The van der Waals surface area contributed by atoms with Gasteiger partial charge in [-0.25, -0.2) is 0 Å². The first-order valence-electron chi connectivity index (χ1n) is 5.58. The smallest absolute Gasteiger partial charge is 0.258 e. The van der Waals surface area contributed by atoms with Crippen LogP contribution in [0.4, 0.5) is 0 Å². The van der Waals surface area contributed by atoms with Crippen LogP contribution in [0.3, 0.4) is 0 Å². The molecule has 0 aliphatic carbocycles. The molecule has 0 saturated carbocycles. The van der Waals surface area contributed by atoms with Crippen LogP contribution >= 0.6 is 0 Å². The summed E-state index contributed by atoms with van der Waals surface area (Å²) in [4.78, 5) is 4.28. The highest BCUT2D eigenvalue weighted by Crippen LogP contribution is 2.24. The molecule has 2 aromatic rings. The highest BCUT2D eigenvalue weighted by Gasteiger charge is 2.16. The van der Waals surface area contributed by atoms with Gasteiger partial charge in [0.05, 0.1) is 12.5 Å². The summed E-state index contributed by atoms with van der Waals surface area (Å²) in [7, 11) is 1.59. The number of hydrogen-bond donors (Lipinski definition) is 0. The van der Waals surface area contributed by atoms with Crippen molar-refractivity contribution in [3.05, 3.63) is 35.7 Å². The van der Waals surface area contributed by atoms with Gasteiger partial charge in [-0.2, -0.15) is 10.2 Å². The molecule has 1 heterocycles. The highest BCUT2D eigenvalue weighted by molar-refractivity contribution is 5.59. The first-order chi connectivity index (χ1) is 8.76. The summed E-state index contributed by atoms with van der Waals surface area (Å²) in [6, 6.07) is 9.62. The summed E-state index contributed by atoms with van der Waals surface area (Å²) in [6.07, 6.45) is 0.0962. The minimum absolute atomic E-state index is 0.217. The van der Waals surface area contributed by atoms with Gasteiger partial charge in [-0.3, -0.25) is 0 Å². The van der Waals surface area contributed by atoms with Crippen LogP contribution in [0.1, 0.15) is 24.4 Å². The van der Waals surface area contributed by atoms with Crippen molar-refractivity contribution >= 4 is 0 Å². The minimum atomic E-state index is -0.217. The van der Waals surface area contributed by atoms with E-state index in [0.29, 0.717) is 18.1 Å². The van der Waals surface area contributed by atoms with Crippen LogP contribution in [0.5, 0.6) is 0 Å². The largest absolute Gasteiger partial charge is 0.374 e. The average Bonchev–Trinajstić information content (AvgIpc) is 2.88. The van der Waals surface area contributed by atoms with Gasteiger partial charge in [0.15, 0.2) is 0 Å². The predicted octanol–water partition coefficient (Wildman–Crippen LogP) is 2.51. The van der Waals surface area contributed by atoms with Crippen LogP contribution < -0.4 is 0 Å². The molecule has 0 spiro atoms. The van der Waals surface area contributed by atoms with Crippen molar-refractivity contribution in [1.29, 1.82) is 5.26 Å². The van der Waals surface area contributed by atoms with Crippen LogP contribution in [0.2, 0.25) is 0 Å². The number of methoxy groups -OCH3 is 1. The van der Waals surface area contributed by atoms with Gasteiger partial charge in [0.2, 0.25) is 5.82 Å². The summed E-state index contributed by atoms with van der Waals surface area (Å²) >= 11 is 0. The molecular formula is C13H13N3O2. The maximum atomic E-state index is 8.79. The minimum Gasteiger partial charge on any atom is -0.374 e. The molecule has 2 rings (SSSR count). The number of ether oxygens (including phenoxy) is 1. The fourth-order valence-corrected chi connectivity index (χ4v) is 1.58. The van der Waals surface area contributed by atoms with Crippen LogP contribution in [-0.2, 0) is 11.2 Å². The van der Waals surface area contributed by atoms with Crippen molar-refractivity contribution in [2.24, 2.45) is 0 Å². The van der Waals surface area contributed by atoms with Gasteiger partial charge < -0.3 is 9.26 Å². The number of aromatic nitrogens is 2. The number of rotatable bonds is 4. The zero-order valence-electron chi connectivity index (χ0n) is 10.3. The van der Waals surface area contributed by atoms with Crippen molar-refractivity contribution in [2.75, 3.05) is 7.11 Å². The van der Waals surface area contributed by atoms with E-state index in [-0.39, 0.29) is 6.10 Å². The SMILES string of the molecule is COC(C)c1noc(-c2ccccc2CC#N)n1. The van der Waals surface area contributed by atoms with Crippen molar-refractivity contribution in [2.45, 2.75) is 19.4 Å². The third-order valence-electron chi connectivity index (χ3n) is 2.68. The van der Waals surface area contributed by atoms with Crippen molar-refractivity contribution in [3.63, 3.8) is 0 Å². The Hall–Kier alpha value is -2.19. The quantitative estimate of drug-likeness (QED) is 0.825. The highest BCUT2D eigenvalue weighted by atomic mass is 16.5. The average molecular weight is 243 g/mol. The Balaban J connectivity index is 2.37. The molecule has 0 N–H and O–H groups in total. The molecule has 0 aliphatic rings. The molecule has 0 bridgehead atoms. The lowest BCUT2D eigenvalue weighted by Gasteiger charge is -2.02. The molecule has 0 fully saturated rings. The Morgan fingerprint density at radius 2 is 2.22 bits per heavy atom. The zero-order chi connectivity index (χ0) is 13.0. The van der Waals surface area contributed by atoms with Gasteiger partial charge in [0.1, 0.15) is 6.10 Å². The van der Waals surface area contributed by atoms with Gasteiger partial charge in [0, 0.05) is 12.7 Å². The van der Waals surface area contributed by atoms with Gasteiger partial charge in [-0.1, -0.05) is 23.4 Å². The summed E-state index contributed by atoms with van der Waals surface area (Å²) in [5.74, 6) is 0.916. The molecule has 1 aromatic carbocycles. The van der Waals surface area contributed by atoms with Gasteiger partial charge >= 0.3 is 0 Å². The first-order valence-corrected chi connectivity index (χ1v) is 5.58. The second-order valence-electron chi connectivity index (χ2n) is 3.83. The van der Waals surface area contributed by atoms with E-state index in [4.69, 9.17) is 14.5 Å². The van der Waals surface area contributed by atoms with E-state index >= 15 is 0 Å². The zero-order valence-corrected chi connectivity index (χ0v) is 10.3. The molecule has 1 atom stereocenters. The second kappa shape index (κ2) is 5.43. The fraction of sp³-hybridized carbons (Fsp3) is 0.308. The third kappa shape index (κ3) is 2.39. The molecule has 5 nitrogen and oxygen atoms in total. The molecule has 0 amide bonds. The monoisotopic (exact) mass is 243 g/mol. The summed E-state index contributed by atoms with van der Waals surface area (Å²) in [5, 5.41) is 12.7. The van der Waals surface area contributed by atoms with Crippen molar-refractivity contribution < 1.29 is 9.26 Å². The molecule has 92 valence electrons. The molecule has 1 aromatic heterocycles. The van der Waals surface area contributed by atoms with E-state index in [0.717, 1.165) is 11.1 Å². The molecule has 0 aliphatic heterocycles. The summed E-state index contributed by atoms with van der Waals surface area (Å²) < 4.78 is 10.3. The molecule has 1 unspecified atom stereocenters. The topological polar surface area (TPSA) is 71.9 Å². The second-order valence-corrected chi connectivity index (χ2v) is 3.83. The normalized spacial score (nSPS) is 12.1. The van der Waals surface area contributed by atoms with Crippen molar-refractivity contribution in [1.82, 2.24) is 10.1 Å². The molecular weight excluding hydrogens is 230 g/mol. The number of nitrogens with zero attached hydrogens (tertiary/aromatic N) is 3. The van der Waals surface area contributed by atoms with Crippen LogP contribution in [0.15, 0.2) is 28.8 Å². The van der Waals surface area contributed by atoms with Crippen LogP contribution in [-0.4, -0.2) is 17.3 Å². The number of nitriles is 1. The lowest BCUT2D eigenvalue weighted by atomic mass is 10.1. The maximum Gasteiger partial charge on any atom is 0.258 e. The van der Waals surface area contributed by atoms with Crippen molar-refractivity contribution in [3.8, 4) is 17.5 Å². The van der Waals surface area contributed by atoms with E-state index in [9.17, 15) is 0 Å². The van der Waals surface area contributed by atoms with E-state index in [1.165, 1.54) is 0 Å². The Morgan fingerprint density at radius 3 is 2.94 bits per heavy atom. The van der Waals surface area contributed by atoms with E-state index in [2.05, 4.69) is 16.2 Å². The van der Waals surface area contributed by atoms with Gasteiger partial charge in [-0.05, 0) is 18.6 Å². The maximum absolute atomic E-state index is 8.79. The van der Waals surface area contributed by atoms with E-state index < -0.39 is 0 Å². The standard InChI is InChI=1S/C13H13N3O2/c1-9(17-2)12-15-13(18-16-12)11-6-4-3-5-10(11)7-8-14/h3-6,9H,7H2,1-2H3. The number of benzene rings is 1. The lowest BCUT2D eigenvalue weighted by Crippen LogP contribution is -1.98. The number of hydrogen-bond acceptors (Lipinski definition) is 5. The van der Waals surface area contributed by atoms with E-state index in [1.54, 1.807) is 7.11 Å². The molecule has 18 heavy (non-hydrogen) atoms. The van der Waals surface area contributed by atoms with Crippen LogP contribution in [0, 0.1) is 11.3 Å². The molecule has 5 heteroatoms.